The van der Waals surface area contributed by atoms with Gasteiger partial charge in [-0.3, -0.25) is 0 Å². The van der Waals surface area contributed by atoms with Crippen molar-refractivity contribution < 1.29 is 4.42 Å². The second kappa shape index (κ2) is 13.4. The summed E-state index contributed by atoms with van der Waals surface area (Å²) in [6.07, 6.45) is 9.58. The number of nitrogens with one attached hydrogen (secondary N) is 1. The fourth-order valence-corrected chi connectivity index (χ4v) is 9.04. The molecule has 0 amide bonds. The van der Waals surface area contributed by atoms with Gasteiger partial charge in [-0.15, -0.1) is 0 Å². The Hall–Kier alpha value is -6.92. The van der Waals surface area contributed by atoms with E-state index in [2.05, 4.69) is 160 Å². The molecular formula is C50H39N5O. The number of allylic oxidation sites excluding steroid dienone is 1. The molecule has 0 saturated carbocycles. The van der Waals surface area contributed by atoms with Crippen molar-refractivity contribution in [1.82, 2.24) is 14.9 Å². The first-order valence-electron chi connectivity index (χ1n) is 19.6. The third kappa shape index (κ3) is 5.40. The van der Waals surface area contributed by atoms with E-state index in [-0.39, 0.29) is 12.0 Å². The average molecular weight is 726 g/mol. The van der Waals surface area contributed by atoms with Gasteiger partial charge < -0.3 is 19.2 Å². The minimum Gasteiger partial charge on any atom is -0.436 e. The van der Waals surface area contributed by atoms with Crippen LogP contribution >= 0.6 is 0 Å². The predicted octanol–water partition coefficient (Wildman–Crippen LogP) is 11.7. The van der Waals surface area contributed by atoms with Crippen LogP contribution in [-0.2, 0) is 0 Å². The number of nitrogens with zero attached hydrogens (tertiary/aromatic N) is 4. The molecule has 3 atom stereocenters. The highest BCUT2D eigenvalue weighted by Crippen LogP contribution is 2.55. The van der Waals surface area contributed by atoms with E-state index in [1.54, 1.807) is 0 Å². The van der Waals surface area contributed by atoms with Crippen LogP contribution in [0, 0.1) is 0 Å². The number of benzene rings is 6. The van der Waals surface area contributed by atoms with Crippen LogP contribution in [0.25, 0.3) is 50.9 Å². The summed E-state index contributed by atoms with van der Waals surface area (Å²) < 4.78 is 8.92. The number of oxazole rings is 1. The van der Waals surface area contributed by atoms with Crippen LogP contribution < -0.4 is 10.2 Å². The molecule has 56 heavy (non-hydrogen) atoms. The van der Waals surface area contributed by atoms with Crippen molar-refractivity contribution in [2.75, 3.05) is 4.90 Å². The zero-order valence-corrected chi connectivity index (χ0v) is 30.8. The molecule has 8 aromatic rings. The van der Waals surface area contributed by atoms with Crippen LogP contribution in [0.5, 0.6) is 0 Å². The lowest BCUT2D eigenvalue weighted by Gasteiger charge is -2.38. The van der Waals surface area contributed by atoms with Gasteiger partial charge >= 0.3 is 0 Å². The number of anilines is 1. The van der Waals surface area contributed by atoms with Gasteiger partial charge in [-0.25, -0.2) is 9.98 Å². The molecule has 0 radical (unpaired) electrons. The molecule has 270 valence electrons. The lowest BCUT2D eigenvalue weighted by atomic mass is 9.86. The van der Waals surface area contributed by atoms with Crippen molar-refractivity contribution in [1.29, 1.82) is 0 Å². The maximum Gasteiger partial charge on any atom is 0.227 e. The summed E-state index contributed by atoms with van der Waals surface area (Å²) in [5.41, 5.74) is 14.3. The van der Waals surface area contributed by atoms with E-state index in [1.807, 2.05) is 30.3 Å². The van der Waals surface area contributed by atoms with E-state index in [1.165, 1.54) is 33.5 Å². The summed E-state index contributed by atoms with van der Waals surface area (Å²) in [4.78, 5) is 13.2. The van der Waals surface area contributed by atoms with Gasteiger partial charge in [0, 0.05) is 51.3 Å². The summed E-state index contributed by atoms with van der Waals surface area (Å²) in [6, 6.07) is 55.6. The van der Waals surface area contributed by atoms with Crippen LogP contribution in [-0.4, -0.2) is 21.6 Å². The third-order valence-corrected chi connectivity index (χ3v) is 11.6. The Morgan fingerprint density at radius 2 is 1.41 bits per heavy atom. The van der Waals surface area contributed by atoms with E-state index in [0.717, 1.165) is 64.1 Å². The molecule has 3 aliphatic rings. The zero-order chi connectivity index (χ0) is 37.0. The number of fused-ring (bicyclic) bond motifs is 8. The first-order valence-corrected chi connectivity index (χ1v) is 19.6. The van der Waals surface area contributed by atoms with Crippen molar-refractivity contribution in [2.24, 2.45) is 4.99 Å². The lowest BCUT2D eigenvalue weighted by molar-refractivity contribution is 0.488. The molecule has 3 unspecified atom stereocenters. The number of hydrogen-bond acceptors (Lipinski definition) is 5. The molecule has 6 aromatic carbocycles. The van der Waals surface area contributed by atoms with Gasteiger partial charge in [0.1, 0.15) is 5.52 Å². The summed E-state index contributed by atoms with van der Waals surface area (Å²) in [7, 11) is 0. The average Bonchev–Trinajstić information content (AvgIpc) is 3.96. The van der Waals surface area contributed by atoms with Gasteiger partial charge in [-0.1, -0.05) is 133 Å². The molecule has 2 aromatic heterocycles. The largest absolute Gasteiger partial charge is 0.436 e. The topological polar surface area (TPSA) is 58.6 Å². The first-order chi connectivity index (χ1) is 27.8. The minimum absolute atomic E-state index is 0.0684. The molecule has 0 saturated heterocycles. The summed E-state index contributed by atoms with van der Waals surface area (Å²) in [5.74, 6) is 0.729. The van der Waals surface area contributed by atoms with Gasteiger partial charge in [0.25, 0.3) is 0 Å². The molecule has 0 bridgehead atoms. The quantitative estimate of drug-likeness (QED) is 0.192. The number of para-hydroxylation sites is 2. The SMILES string of the molecule is C1=CC2c3ccccc3N(C3N=C(c4ccccc4)CCC/C=C(/c4ccccc4)N3)C2c2c1c1ccccc1n2-c1ccc2nc(-c3ccccc3)oc2c1. The van der Waals surface area contributed by atoms with Crippen LogP contribution in [0.4, 0.5) is 5.69 Å². The molecule has 4 heterocycles. The summed E-state index contributed by atoms with van der Waals surface area (Å²) in [6.45, 7) is 0. The van der Waals surface area contributed by atoms with E-state index in [4.69, 9.17) is 14.4 Å². The smallest absolute Gasteiger partial charge is 0.227 e. The number of aliphatic imine (C=N–C) groups is 1. The second-order valence-electron chi connectivity index (χ2n) is 14.8. The molecule has 2 aliphatic heterocycles. The molecule has 1 N–H and O–H groups in total. The van der Waals surface area contributed by atoms with Crippen LogP contribution in [0.15, 0.2) is 179 Å². The highest BCUT2D eigenvalue weighted by molar-refractivity contribution is 6.01. The molecule has 11 rings (SSSR count). The summed E-state index contributed by atoms with van der Waals surface area (Å²) in [5, 5.41) is 5.26. The van der Waals surface area contributed by atoms with E-state index < -0.39 is 6.29 Å². The van der Waals surface area contributed by atoms with Gasteiger partial charge in [0.05, 0.1) is 17.3 Å². The Kier molecular flexibility index (Phi) is 7.80. The Bertz CT molecular complexity index is 2830. The van der Waals surface area contributed by atoms with Gasteiger partial charge in [0.2, 0.25) is 5.89 Å². The monoisotopic (exact) mass is 725 g/mol. The minimum atomic E-state index is -0.401. The third-order valence-electron chi connectivity index (χ3n) is 11.6. The molecular weight excluding hydrogens is 687 g/mol. The van der Waals surface area contributed by atoms with Crippen LogP contribution in [0.3, 0.4) is 0 Å². The van der Waals surface area contributed by atoms with Crippen molar-refractivity contribution >= 4 is 45.2 Å². The standard InChI is InChI=1S/C50H39N5O/c1-4-16-33(17-5-1)41-24-12-13-25-42(34-18-6-2-7-19-34)53-50(52-41)55-45-27-15-11-23-38(45)40-30-29-39-37-22-10-14-26-44(37)54(47(39)48(40)55)36-28-31-43-46(32-36)56-49(51-43)35-20-8-3-9-21-35/h1-11,14-24,26-32,40,48,50,52H,12-13,25H2/b41-24-,53-42?. The Morgan fingerprint density at radius 1 is 0.696 bits per heavy atom. The fraction of sp³-hybridized carbons (Fsp3) is 0.120. The molecule has 0 fully saturated rings. The highest BCUT2D eigenvalue weighted by atomic mass is 16.3. The summed E-state index contributed by atoms with van der Waals surface area (Å²) >= 11 is 0. The maximum absolute atomic E-state index is 6.46. The Labute approximate surface area is 325 Å². The fourth-order valence-electron chi connectivity index (χ4n) is 9.04. The van der Waals surface area contributed by atoms with Gasteiger partial charge in [-0.2, -0.15) is 0 Å². The Balaban J connectivity index is 1.13. The number of rotatable bonds is 5. The van der Waals surface area contributed by atoms with E-state index >= 15 is 0 Å². The van der Waals surface area contributed by atoms with Crippen LogP contribution in [0.2, 0.25) is 0 Å². The van der Waals surface area contributed by atoms with Gasteiger partial charge in [0.15, 0.2) is 11.9 Å². The first kappa shape index (κ1) is 32.5. The predicted molar refractivity (Wildman–Crippen MR) is 228 cm³/mol. The van der Waals surface area contributed by atoms with Crippen molar-refractivity contribution in [2.45, 2.75) is 37.5 Å². The second-order valence-corrected chi connectivity index (χ2v) is 14.8. The molecule has 6 nitrogen and oxygen atoms in total. The normalized spacial score (nSPS) is 19.9. The van der Waals surface area contributed by atoms with Crippen molar-refractivity contribution in [3.63, 3.8) is 0 Å². The van der Waals surface area contributed by atoms with E-state index in [0.29, 0.717) is 5.89 Å². The maximum atomic E-state index is 6.46. The molecule has 6 heteroatoms. The number of hydrogen-bond donors (Lipinski definition) is 1. The Morgan fingerprint density at radius 3 is 2.23 bits per heavy atom. The van der Waals surface area contributed by atoms with Crippen molar-refractivity contribution in [3.8, 4) is 17.1 Å². The number of aromatic nitrogens is 2. The van der Waals surface area contributed by atoms with Crippen molar-refractivity contribution in [3.05, 3.63) is 198 Å². The highest BCUT2D eigenvalue weighted by Gasteiger charge is 2.46. The zero-order valence-electron chi connectivity index (χ0n) is 30.8. The van der Waals surface area contributed by atoms with E-state index in [9.17, 15) is 0 Å². The molecule has 1 aliphatic carbocycles. The van der Waals surface area contributed by atoms with Gasteiger partial charge in [-0.05, 0) is 72.4 Å². The molecule has 0 spiro atoms. The lowest BCUT2D eigenvalue weighted by Crippen LogP contribution is -2.46. The van der Waals surface area contributed by atoms with Crippen LogP contribution in [0.1, 0.15) is 59.2 Å².